The number of carboxylic acids is 1. The Bertz CT molecular complexity index is 1070. The highest BCUT2D eigenvalue weighted by Gasteiger charge is 2.26. The summed E-state index contributed by atoms with van der Waals surface area (Å²) in [6.45, 7) is 0.948. The van der Waals surface area contributed by atoms with E-state index < -0.39 is 5.97 Å². The highest BCUT2D eigenvalue weighted by molar-refractivity contribution is 7.99. The monoisotopic (exact) mass is 419 g/mol. The van der Waals surface area contributed by atoms with E-state index in [4.69, 9.17) is 4.74 Å². The minimum absolute atomic E-state index is 0.0772. The van der Waals surface area contributed by atoms with E-state index >= 15 is 0 Å². The third kappa shape index (κ3) is 4.33. The van der Waals surface area contributed by atoms with Crippen molar-refractivity contribution in [2.75, 3.05) is 12.3 Å². The average molecular weight is 420 g/mol. The molecule has 6 heteroatoms. The molecular weight excluding hydrogens is 398 g/mol. The topological polar surface area (TPSA) is 75.6 Å². The molecule has 3 aromatic carbocycles. The maximum atomic E-state index is 12.3. The second kappa shape index (κ2) is 9.05. The van der Waals surface area contributed by atoms with Gasteiger partial charge in [0.1, 0.15) is 12.4 Å². The largest absolute Gasteiger partial charge is 0.489 e. The first kappa shape index (κ1) is 20.0. The van der Waals surface area contributed by atoms with E-state index in [1.165, 1.54) is 0 Å². The first-order chi connectivity index (χ1) is 14.6. The second-order valence-corrected chi connectivity index (χ2v) is 8.13. The summed E-state index contributed by atoms with van der Waals surface area (Å²) in [6.07, 6.45) is 0. The van der Waals surface area contributed by atoms with E-state index in [0.29, 0.717) is 30.2 Å². The number of hydrogen-bond acceptors (Lipinski definition) is 4. The van der Waals surface area contributed by atoms with Crippen LogP contribution in [0.25, 0.3) is 0 Å². The van der Waals surface area contributed by atoms with Gasteiger partial charge in [-0.3, -0.25) is 4.79 Å². The number of carboxylic acid groups (broad SMARTS) is 1. The number of fused-ring (bicyclic) bond motifs is 2. The standard InChI is InChI=1S/C24H21NO4S/c26-23(16-6-2-1-3-7-16)25-12-13-30-22-19-9-5-4-8-18(19)15-29-21-11-10-17(24(27)28)14-20(21)22/h1-11,14,22H,12-13,15H2,(H,25,26)(H,27,28). The van der Waals surface area contributed by atoms with Crippen molar-refractivity contribution < 1.29 is 19.4 Å². The Kier molecular flexibility index (Phi) is 6.05. The van der Waals surface area contributed by atoms with Crippen molar-refractivity contribution in [1.82, 2.24) is 5.32 Å². The van der Waals surface area contributed by atoms with Crippen molar-refractivity contribution in [2.45, 2.75) is 11.9 Å². The Hall–Kier alpha value is -3.25. The van der Waals surface area contributed by atoms with Gasteiger partial charge in [-0.05, 0) is 41.5 Å². The molecule has 3 aromatic rings. The molecule has 152 valence electrons. The molecule has 5 nitrogen and oxygen atoms in total. The summed E-state index contributed by atoms with van der Waals surface area (Å²) in [5.74, 6) is 0.305. The van der Waals surface area contributed by atoms with Crippen LogP contribution in [0.5, 0.6) is 5.75 Å². The Morgan fingerprint density at radius 1 is 0.967 bits per heavy atom. The summed E-state index contributed by atoms with van der Waals surface area (Å²) < 4.78 is 5.97. The Morgan fingerprint density at radius 2 is 1.73 bits per heavy atom. The van der Waals surface area contributed by atoms with Crippen LogP contribution in [-0.2, 0) is 6.61 Å². The molecule has 0 fully saturated rings. The number of thioether (sulfide) groups is 1. The summed E-state index contributed by atoms with van der Waals surface area (Å²) >= 11 is 1.67. The zero-order valence-electron chi connectivity index (χ0n) is 16.2. The van der Waals surface area contributed by atoms with Crippen LogP contribution >= 0.6 is 11.8 Å². The number of carbonyl (C=O) groups excluding carboxylic acids is 1. The van der Waals surface area contributed by atoms with Crippen molar-refractivity contribution in [1.29, 1.82) is 0 Å². The van der Waals surface area contributed by atoms with Gasteiger partial charge in [-0.1, -0.05) is 42.5 Å². The van der Waals surface area contributed by atoms with E-state index in [9.17, 15) is 14.7 Å². The number of nitrogens with one attached hydrogen (secondary N) is 1. The zero-order chi connectivity index (χ0) is 20.9. The Balaban J connectivity index is 1.53. The normalized spacial score (nSPS) is 14.6. The fourth-order valence-electron chi connectivity index (χ4n) is 3.47. The number of hydrogen-bond donors (Lipinski definition) is 2. The third-order valence-corrected chi connectivity index (χ3v) is 6.25. The van der Waals surface area contributed by atoms with Gasteiger partial charge >= 0.3 is 5.97 Å². The molecule has 1 atom stereocenters. The molecule has 0 saturated heterocycles. The van der Waals surface area contributed by atoms with Gasteiger partial charge in [-0.15, -0.1) is 11.8 Å². The first-order valence-electron chi connectivity index (χ1n) is 9.66. The first-order valence-corrected chi connectivity index (χ1v) is 10.7. The predicted molar refractivity (Wildman–Crippen MR) is 117 cm³/mol. The fraction of sp³-hybridized carbons (Fsp3) is 0.167. The molecule has 0 radical (unpaired) electrons. The Morgan fingerprint density at radius 3 is 2.53 bits per heavy atom. The van der Waals surface area contributed by atoms with Crippen molar-refractivity contribution in [2.24, 2.45) is 0 Å². The predicted octanol–water partition coefficient (Wildman–Crippen LogP) is 4.53. The number of ether oxygens (including phenoxy) is 1. The van der Waals surface area contributed by atoms with Gasteiger partial charge in [0.05, 0.1) is 10.8 Å². The lowest BCUT2D eigenvalue weighted by atomic mass is 9.98. The van der Waals surface area contributed by atoms with E-state index in [0.717, 1.165) is 16.7 Å². The van der Waals surface area contributed by atoms with E-state index in [1.54, 1.807) is 42.1 Å². The smallest absolute Gasteiger partial charge is 0.335 e. The number of aromatic carboxylic acids is 1. The molecule has 1 heterocycles. The lowest BCUT2D eigenvalue weighted by Gasteiger charge is -2.19. The maximum absolute atomic E-state index is 12.3. The highest BCUT2D eigenvalue weighted by atomic mass is 32.2. The molecule has 1 aliphatic heterocycles. The summed E-state index contributed by atoms with van der Waals surface area (Å²) in [5, 5.41) is 12.3. The van der Waals surface area contributed by atoms with Gasteiger partial charge in [0.15, 0.2) is 0 Å². The lowest BCUT2D eigenvalue weighted by Crippen LogP contribution is -2.25. The number of carbonyl (C=O) groups is 2. The summed E-state index contributed by atoms with van der Waals surface area (Å²) in [4.78, 5) is 23.8. The van der Waals surface area contributed by atoms with Crippen LogP contribution in [0.4, 0.5) is 0 Å². The van der Waals surface area contributed by atoms with Crippen molar-refractivity contribution in [3.05, 3.63) is 101 Å². The van der Waals surface area contributed by atoms with Gasteiger partial charge in [-0.25, -0.2) is 4.79 Å². The molecule has 0 saturated carbocycles. The minimum atomic E-state index is -0.964. The average Bonchev–Trinajstić information content (AvgIpc) is 2.93. The maximum Gasteiger partial charge on any atom is 0.335 e. The summed E-state index contributed by atoms with van der Waals surface area (Å²) in [7, 11) is 0. The number of amides is 1. The van der Waals surface area contributed by atoms with Crippen molar-refractivity contribution >= 4 is 23.6 Å². The van der Waals surface area contributed by atoms with Crippen molar-refractivity contribution in [3.63, 3.8) is 0 Å². The molecule has 1 amide bonds. The molecule has 0 aromatic heterocycles. The SMILES string of the molecule is O=C(O)c1ccc2c(c1)C(SCCNC(=O)c1ccccc1)c1ccccc1CO2. The molecule has 1 aliphatic rings. The molecule has 4 rings (SSSR count). The Labute approximate surface area is 179 Å². The van der Waals surface area contributed by atoms with E-state index in [1.807, 2.05) is 36.4 Å². The lowest BCUT2D eigenvalue weighted by molar-refractivity contribution is 0.0696. The third-order valence-electron chi connectivity index (χ3n) is 4.97. The fourth-order valence-corrected chi connectivity index (χ4v) is 4.70. The van der Waals surface area contributed by atoms with Crippen LogP contribution in [0.15, 0.2) is 72.8 Å². The quantitative estimate of drug-likeness (QED) is 0.574. The van der Waals surface area contributed by atoms with Crippen LogP contribution in [0, 0.1) is 0 Å². The highest BCUT2D eigenvalue weighted by Crippen LogP contribution is 2.44. The van der Waals surface area contributed by atoms with Crippen LogP contribution in [0.3, 0.4) is 0 Å². The summed E-state index contributed by atoms with van der Waals surface area (Å²) in [6, 6.07) is 22.2. The zero-order valence-corrected chi connectivity index (χ0v) is 17.0. The molecule has 1 unspecified atom stereocenters. The second-order valence-electron chi connectivity index (χ2n) is 6.92. The van der Waals surface area contributed by atoms with Crippen LogP contribution < -0.4 is 10.1 Å². The van der Waals surface area contributed by atoms with Gasteiger partial charge in [0.25, 0.3) is 5.91 Å². The van der Waals surface area contributed by atoms with E-state index in [2.05, 4.69) is 11.4 Å². The molecule has 0 bridgehead atoms. The molecular formula is C24H21NO4S. The molecule has 2 N–H and O–H groups in total. The van der Waals surface area contributed by atoms with Crippen LogP contribution in [0.2, 0.25) is 0 Å². The summed E-state index contributed by atoms with van der Waals surface area (Å²) in [5.41, 5.74) is 3.90. The number of benzene rings is 3. The number of rotatable bonds is 6. The van der Waals surface area contributed by atoms with Crippen molar-refractivity contribution in [3.8, 4) is 5.75 Å². The van der Waals surface area contributed by atoms with Gasteiger partial charge in [0, 0.05) is 23.4 Å². The van der Waals surface area contributed by atoms with Crippen LogP contribution in [-0.4, -0.2) is 29.3 Å². The van der Waals surface area contributed by atoms with Crippen LogP contribution in [0.1, 0.15) is 42.7 Å². The van der Waals surface area contributed by atoms with Gasteiger partial charge < -0.3 is 15.2 Å². The van der Waals surface area contributed by atoms with E-state index in [-0.39, 0.29) is 16.7 Å². The minimum Gasteiger partial charge on any atom is -0.489 e. The molecule has 0 aliphatic carbocycles. The van der Waals surface area contributed by atoms with Gasteiger partial charge in [0.2, 0.25) is 0 Å². The van der Waals surface area contributed by atoms with Gasteiger partial charge in [-0.2, -0.15) is 0 Å². The molecule has 30 heavy (non-hydrogen) atoms. The molecule has 0 spiro atoms.